The number of hydrogen-bond acceptors (Lipinski definition) is 2. The molecule has 2 nitrogen and oxygen atoms in total. The van der Waals surface area contributed by atoms with Crippen LogP contribution >= 0.6 is 0 Å². The summed E-state index contributed by atoms with van der Waals surface area (Å²) in [5, 5.41) is 5.68. The van der Waals surface area contributed by atoms with E-state index in [2.05, 4.69) is 48.6 Å². The van der Waals surface area contributed by atoms with E-state index in [9.17, 15) is 0 Å². The first-order valence-corrected chi connectivity index (χ1v) is 6.56. The lowest BCUT2D eigenvalue weighted by atomic mass is 10.1. The summed E-state index contributed by atoms with van der Waals surface area (Å²) in [5.41, 5.74) is 0. The van der Waals surface area contributed by atoms with Crippen LogP contribution in [0.2, 0.25) is 0 Å². The van der Waals surface area contributed by atoms with E-state index in [-0.39, 0.29) is 0 Å². The lowest BCUT2D eigenvalue weighted by molar-refractivity contribution is 0.282. The average molecular weight is 243 g/mol. The molecule has 0 amide bonds. The minimum atomic E-state index is 0.649. The average Bonchev–Trinajstić information content (AvgIpc) is 2.39. The molecule has 2 aromatic rings. The number of benzene rings is 2. The van der Waals surface area contributed by atoms with E-state index < -0.39 is 0 Å². The molecule has 0 aliphatic rings. The van der Waals surface area contributed by atoms with Gasteiger partial charge in [-0.1, -0.05) is 37.3 Å². The maximum atomic E-state index is 5.80. The number of ether oxygens (including phenoxy) is 1. The van der Waals surface area contributed by atoms with Crippen LogP contribution in [0.4, 0.5) is 0 Å². The van der Waals surface area contributed by atoms with Crippen molar-refractivity contribution in [2.75, 3.05) is 20.2 Å². The molecule has 0 spiro atoms. The third-order valence-corrected chi connectivity index (χ3v) is 3.15. The van der Waals surface area contributed by atoms with Crippen molar-refractivity contribution in [2.45, 2.75) is 13.3 Å². The van der Waals surface area contributed by atoms with Crippen LogP contribution in [0.5, 0.6) is 5.75 Å². The number of hydrogen-bond donors (Lipinski definition) is 1. The van der Waals surface area contributed by atoms with E-state index in [0.717, 1.165) is 25.3 Å². The minimum Gasteiger partial charge on any atom is -0.494 e. The van der Waals surface area contributed by atoms with Gasteiger partial charge in [-0.25, -0.2) is 0 Å². The Morgan fingerprint density at radius 1 is 1.11 bits per heavy atom. The first kappa shape index (κ1) is 12.9. The maximum absolute atomic E-state index is 5.80. The van der Waals surface area contributed by atoms with Gasteiger partial charge < -0.3 is 10.1 Å². The predicted molar refractivity (Wildman–Crippen MR) is 77.2 cm³/mol. The van der Waals surface area contributed by atoms with Crippen LogP contribution in [0.15, 0.2) is 42.5 Å². The van der Waals surface area contributed by atoms with E-state index in [4.69, 9.17) is 4.74 Å². The van der Waals surface area contributed by atoms with Crippen LogP contribution in [0.1, 0.15) is 13.3 Å². The Hall–Kier alpha value is -1.54. The highest BCUT2D eigenvalue weighted by atomic mass is 16.5. The van der Waals surface area contributed by atoms with Crippen molar-refractivity contribution in [3.63, 3.8) is 0 Å². The van der Waals surface area contributed by atoms with Gasteiger partial charge in [-0.2, -0.15) is 0 Å². The molecule has 0 radical (unpaired) electrons. The Morgan fingerprint density at radius 2 is 1.89 bits per heavy atom. The summed E-state index contributed by atoms with van der Waals surface area (Å²) in [6.07, 6.45) is 1.08. The van der Waals surface area contributed by atoms with Crippen molar-refractivity contribution in [3.8, 4) is 5.75 Å². The molecule has 1 atom stereocenters. The van der Waals surface area contributed by atoms with Gasteiger partial charge in [0.25, 0.3) is 0 Å². The molecule has 1 N–H and O–H groups in total. The van der Waals surface area contributed by atoms with Crippen LogP contribution < -0.4 is 10.1 Å². The first-order valence-electron chi connectivity index (χ1n) is 6.56. The molecule has 0 heterocycles. The van der Waals surface area contributed by atoms with Gasteiger partial charge in [0.2, 0.25) is 0 Å². The van der Waals surface area contributed by atoms with E-state index in [1.54, 1.807) is 0 Å². The Morgan fingerprint density at radius 3 is 2.67 bits per heavy atom. The minimum absolute atomic E-state index is 0.649. The second-order valence-electron chi connectivity index (χ2n) is 4.81. The summed E-state index contributed by atoms with van der Waals surface area (Å²) in [4.78, 5) is 0. The number of nitrogens with one attached hydrogen (secondary N) is 1. The molecule has 2 rings (SSSR count). The molecule has 0 saturated carbocycles. The van der Waals surface area contributed by atoms with Gasteiger partial charge >= 0.3 is 0 Å². The molecule has 0 fully saturated rings. The molecule has 1 unspecified atom stereocenters. The molecular formula is C16H21NO. The fraction of sp³-hybridized carbons (Fsp3) is 0.375. The molecule has 0 aliphatic carbocycles. The van der Waals surface area contributed by atoms with Crippen molar-refractivity contribution in [2.24, 2.45) is 5.92 Å². The molecule has 2 aromatic carbocycles. The summed E-state index contributed by atoms with van der Waals surface area (Å²) >= 11 is 0. The quantitative estimate of drug-likeness (QED) is 0.839. The Labute approximate surface area is 109 Å². The van der Waals surface area contributed by atoms with Gasteiger partial charge in [0.15, 0.2) is 0 Å². The van der Waals surface area contributed by atoms with Crippen LogP contribution in [-0.4, -0.2) is 20.2 Å². The van der Waals surface area contributed by atoms with E-state index in [1.807, 2.05) is 13.1 Å². The van der Waals surface area contributed by atoms with Gasteiger partial charge in [-0.3, -0.25) is 0 Å². The zero-order chi connectivity index (χ0) is 12.8. The highest BCUT2D eigenvalue weighted by Crippen LogP contribution is 2.20. The third kappa shape index (κ3) is 3.47. The molecule has 0 bridgehead atoms. The van der Waals surface area contributed by atoms with E-state index >= 15 is 0 Å². The van der Waals surface area contributed by atoms with Crippen LogP contribution in [-0.2, 0) is 0 Å². The summed E-state index contributed by atoms with van der Waals surface area (Å²) in [6.45, 7) is 4.06. The number of rotatable bonds is 6. The first-order chi connectivity index (χ1) is 8.79. The van der Waals surface area contributed by atoms with Gasteiger partial charge in [-0.15, -0.1) is 0 Å². The fourth-order valence-electron chi connectivity index (χ4n) is 2.09. The van der Waals surface area contributed by atoms with E-state index in [1.165, 1.54) is 10.8 Å². The van der Waals surface area contributed by atoms with Crippen molar-refractivity contribution in [1.82, 2.24) is 5.32 Å². The van der Waals surface area contributed by atoms with E-state index in [0.29, 0.717) is 5.92 Å². The third-order valence-electron chi connectivity index (χ3n) is 3.15. The standard InChI is InChI=1S/C16H21NO/c1-13(12-17-2)9-10-18-16-8-7-14-5-3-4-6-15(14)11-16/h3-8,11,13,17H,9-10,12H2,1-2H3. The van der Waals surface area contributed by atoms with Crippen LogP contribution in [0, 0.1) is 5.92 Å². The zero-order valence-corrected chi connectivity index (χ0v) is 11.1. The normalized spacial score (nSPS) is 12.6. The second kappa shape index (κ2) is 6.41. The lowest BCUT2D eigenvalue weighted by Crippen LogP contribution is -2.18. The van der Waals surface area contributed by atoms with Crippen molar-refractivity contribution in [1.29, 1.82) is 0 Å². The molecule has 18 heavy (non-hydrogen) atoms. The fourth-order valence-corrected chi connectivity index (χ4v) is 2.09. The lowest BCUT2D eigenvalue weighted by Gasteiger charge is -2.12. The Kier molecular flexibility index (Phi) is 4.59. The SMILES string of the molecule is CNCC(C)CCOc1ccc2ccccc2c1. The van der Waals surface area contributed by atoms with Crippen molar-refractivity contribution >= 4 is 10.8 Å². The van der Waals surface area contributed by atoms with Crippen LogP contribution in [0.25, 0.3) is 10.8 Å². The molecule has 2 heteroatoms. The summed E-state index contributed by atoms with van der Waals surface area (Å²) in [7, 11) is 1.99. The maximum Gasteiger partial charge on any atom is 0.119 e. The van der Waals surface area contributed by atoms with Gasteiger partial charge in [-0.05, 0) is 48.8 Å². The van der Waals surface area contributed by atoms with Gasteiger partial charge in [0.05, 0.1) is 6.61 Å². The highest BCUT2D eigenvalue weighted by molar-refractivity contribution is 5.83. The molecular weight excluding hydrogens is 222 g/mol. The zero-order valence-electron chi connectivity index (χ0n) is 11.1. The highest BCUT2D eigenvalue weighted by Gasteiger charge is 2.01. The monoisotopic (exact) mass is 243 g/mol. The molecule has 96 valence electrons. The molecule has 0 aromatic heterocycles. The van der Waals surface area contributed by atoms with Gasteiger partial charge in [0.1, 0.15) is 5.75 Å². The molecule has 0 saturated heterocycles. The predicted octanol–water partition coefficient (Wildman–Crippen LogP) is 3.46. The number of fused-ring (bicyclic) bond motifs is 1. The molecule has 0 aliphatic heterocycles. The summed E-state index contributed by atoms with van der Waals surface area (Å²) in [5.74, 6) is 1.61. The topological polar surface area (TPSA) is 21.3 Å². The van der Waals surface area contributed by atoms with Crippen molar-refractivity contribution < 1.29 is 4.74 Å². The smallest absolute Gasteiger partial charge is 0.119 e. The Balaban J connectivity index is 1.91. The Bertz CT molecular complexity index is 495. The largest absolute Gasteiger partial charge is 0.494 e. The van der Waals surface area contributed by atoms with Crippen molar-refractivity contribution in [3.05, 3.63) is 42.5 Å². The van der Waals surface area contributed by atoms with Crippen LogP contribution in [0.3, 0.4) is 0 Å². The van der Waals surface area contributed by atoms with Gasteiger partial charge in [0, 0.05) is 0 Å². The summed E-state index contributed by atoms with van der Waals surface area (Å²) in [6, 6.07) is 14.6. The second-order valence-corrected chi connectivity index (χ2v) is 4.81. The summed E-state index contributed by atoms with van der Waals surface area (Å²) < 4.78 is 5.80.